The first-order valence-electron chi connectivity index (χ1n) is 9.47. The third-order valence-electron chi connectivity index (χ3n) is 4.62. The Kier molecular flexibility index (Phi) is 6.18. The van der Waals surface area contributed by atoms with Gasteiger partial charge in [-0.1, -0.05) is 11.6 Å². The van der Waals surface area contributed by atoms with Crippen LogP contribution in [0.5, 0.6) is 0 Å². The highest BCUT2D eigenvalue weighted by Gasteiger charge is 2.34. The van der Waals surface area contributed by atoms with Crippen molar-refractivity contribution in [2.45, 2.75) is 25.6 Å². The van der Waals surface area contributed by atoms with Crippen molar-refractivity contribution < 1.29 is 27.6 Å². The van der Waals surface area contributed by atoms with E-state index in [-0.39, 0.29) is 34.5 Å². The van der Waals surface area contributed by atoms with Crippen LogP contribution < -0.4 is 16.0 Å². The zero-order valence-corrected chi connectivity index (χ0v) is 18.6. The molecule has 34 heavy (non-hydrogen) atoms. The number of aromatic nitrogens is 4. The maximum absolute atomic E-state index is 13.0. The molecule has 0 radical (unpaired) electrons. The highest BCUT2D eigenvalue weighted by atomic mass is 35.5. The Hall–Kier alpha value is -3.65. The number of nitrogens with zero attached hydrogens (tertiary/aromatic N) is 4. The number of carbonyl (C=O) groups excluding carboxylic acids is 3. The predicted octanol–water partition coefficient (Wildman–Crippen LogP) is 3.24. The van der Waals surface area contributed by atoms with Crippen LogP contribution in [0, 0.1) is 0 Å². The molecule has 0 saturated carbocycles. The number of alkyl halides is 3. The fourth-order valence-corrected chi connectivity index (χ4v) is 4.07. The molecular weight excluding hydrogens is 499 g/mol. The summed E-state index contributed by atoms with van der Waals surface area (Å²) in [5, 5.41) is 7.25. The van der Waals surface area contributed by atoms with Crippen LogP contribution in [0.25, 0.3) is 0 Å². The van der Waals surface area contributed by atoms with E-state index in [1.165, 1.54) is 6.20 Å². The Morgan fingerprint density at radius 2 is 1.94 bits per heavy atom. The van der Waals surface area contributed by atoms with Crippen LogP contribution >= 0.6 is 22.9 Å². The molecule has 1 atom stereocenters. The van der Waals surface area contributed by atoms with Crippen molar-refractivity contribution in [3.63, 3.8) is 0 Å². The van der Waals surface area contributed by atoms with Gasteiger partial charge in [-0.15, -0.1) is 11.3 Å². The van der Waals surface area contributed by atoms with Gasteiger partial charge in [-0.05, 0) is 13.0 Å². The molecular formula is C19H13ClF3N7O3S. The van der Waals surface area contributed by atoms with E-state index in [1.54, 1.807) is 6.92 Å². The Bertz CT molecular complexity index is 1310. The predicted molar refractivity (Wildman–Crippen MR) is 115 cm³/mol. The lowest BCUT2D eigenvalue weighted by molar-refractivity contribution is -0.137. The van der Waals surface area contributed by atoms with Gasteiger partial charge in [0.25, 0.3) is 11.8 Å². The van der Waals surface area contributed by atoms with E-state index in [1.807, 2.05) is 0 Å². The Morgan fingerprint density at radius 3 is 2.68 bits per heavy atom. The topological polar surface area (TPSA) is 139 Å². The third-order valence-corrected chi connectivity index (χ3v) is 6.10. The van der Waals surface area contributed by atoms with E-state index in [9.17, 15) is 27.6 Å². The summed E-state index contributed by atoms with van der Waals surface area (Å²) in [6, 6.07) is -0.00893. The van der Waals surface area contributed by atoms with Gasteiger partial charge in [-0.2, -0.15) is 13.2 Å². The van der Waals surface area contributed by atoms with Crippen molar-refractivity contribution in [3.8, 4) is 0 Å². The molecule has 10 nitrogen and oxygen atoms in total. The minimum absolute atomic E-state index is 0.0241. The monoisotopic (exact) mass is 511 g/mol. The highest BCUT2D eigenvalue weighted by Crippen LogP contribution is 2.35. The van der Waals surface area contributed by atoms with E-state index in [2.05, 4.69) is 35.9 Å². The normalized spacial score (nSPS) is 13.7. The second kappa shape index (κ2) is 8.95. The lowest BCUT2D eigenvalue weighted by atomic mass is 10.1. The SMILES string of the molecule is C[C@H](NC(=O)c1ncnc2c1CC(=O)N2)c1ncc(C(=O)Nc2cc(C(F)(F)F)c(Cl)cn2)s1. The molecule has 1 aliphatic heterocycles. The third kappa shape index (κ3) is 4.82. The second-order valence-electron chi connectivity index (χ2n) is 7.03. The second-order valence-corrected chi connectivity index (χ2v) is 8.50. The van der Waals surface area contributed by atoms with Gasteiger partial charge in [-0.25, -0.2) is 19.9 Å². The summed E-state index contributed by atoms with van der Waals surface area (Å²) in [6.45, 7) is 1.62. The van der Waals surface area contributed by atoms with E-state index >= 15 is 0 Å². The van der Waals surface area contributed by atoms with E-state index in [0.29, 0.717) is 16.6 Å². The van der Waals surface area contributed by atoms with Crippen molar-refractivity contribution in [1.82, 2.24) is 25.3 Å². The first kappa shape index (κ1) is 23.5. The summed E-state index contributed by atoms with van der Waals surface area (Å²) in [5.41, 5.74) is -0.710. The number of halogens is 4. The summed E-state index contributed by atoms with van der Waals surface area (Å²) in [7, 11) is 0. The quantitative estimate of drug-likeness (QED) is 0.478. The highest BCUT2D eigenvalue weighted by molar-refractivity contribution is 7.13. The van der Waals surface area contributed by atoms with Crippen LogP contribution in [0.4, 0.5) is 24.8 Å². The van der Waals surface area contributed by atoms with Gasteiger partial charge in [0, 0.05) is 11.8 Å². The summed E-state index contributed by atoms with van der Waals surface area (Å²) in [6.07, 6.45) is -1.56. The molecule has 1 aliphatic rings. The molecule has 4 rings (SSSR count). The van der Waals surface area contributed by atoms with Crippen molar-refractivity contribution in [2.75, 3.05) is 10.6 Å². The molecule has 0 bridgehead atoms. The molecule has 3 aromatic rings. The van der Waals surface area contributed by atoms with E-state index in [4.69, 9.17) is 11.6 Å². The maximum atomic E-state index is 13.0. The van der Waals surface area contributed by atoms with Crippen molar-refractivity contribution in [3.05, 3.63) is 56.5 Å². The van der Waals surface area contributed by atoms with Gasteiger partial charge in [0.15, 0.2) is 0 Å². The largest absolute Gasteiger partial charge is 0.418 e. The number of pyridine rings is 1. The Balaban J connectivity index is 1.44. The Morgan fingerprint density at radius 1 is 1.18 bits per heavy atom. The maximum Gasteiger partial charge on any atom is 0.418 e. The van der Waals surface area contributed by atoms with E-state index < -0.39 is 34.6 Å². The van der Waals surface area contributed by atoms with Gasteiger partial charge in [0.05, 0.1) is 29.2 Å². The molecule has 0 saturated heterocycles. The molecule has 0 spiro atoms. The summed E-state index contributed by atoms with van der Waals surface area (Å²) < 4.78 is 39.0. The molecule has 15 heteroatoms. The molecule has 0 aromatic carbocycles. The number of thiazole rings is 1. The molecule has 0 fully saturated rings. The lowest BCUT2D eigenvalue weighted by Crippen LogP contribution is -2.28. The van der Waals surface area contributed by atoms with E-state index in [0.717, 1.165) is 23.9 Å². The zero-order valence-electron chi connectivity index (χ0n) is 17.0. The average molecular weight is 512 g/mol. The molecule has 0 aliphatic carbocycles. The fraction of sp³-hybridized carbons (Fsp3) is 0.211. The van der Waals surface area contributed by atoms with Crippen LogP contribution in [0.1, 0.15) is 49.3 Å². The molecule has 0 unspecified atom stereocenters. The number of fused-ring (bicyclic) bond motifs is 1. The molecule has 4 heterocycles. The molecule has 3 N–H and O–H groups in total. The standard InChI is InChI=1S/C19H13ClF3N7O3S/c1-7(28-17(33)14-8-2-13(31)30-15(8)27-6-26-14)18-25-5-11(34-18)16(32)29-12-3-9(19(21,22)23)10(20)4-24-12/h3-7H,2H2,1H3,(H,28,33)(H,24,29,32)(H,26,27,30,31)/t7-/m0/s1. The van der Waals surface area contributed by atoms with Crippen molar-refractivity contribution in [1.29, 1.82) is 0 Å². The fourth-order valence-electron chi connectivity index (χ4n) is 3.04. The zero-order chi connectivity index (χ0) is 24.6. The van der Waals surface area contributed by atoms with Crippen molar-refractivity contribution in [2.24, 2.45) is 0 Å². The number of nitrogens with one attached hydrogen (secondary N) is 3. The van der Waals surface area contributed by atoms with Crippen LogP contribution in [0.15, 0.2) is 24.8 Å². The number of hydrogen-bond donors (Lipinski definition) is 3. The number of anilines is 2. The van der Waals surface area contributed by atoms with Gasteiger partial charge < -0.3 is 16.0 Å². The Labute approximate surface area is 198 Å². The smallest absolute Gasteiger partial charge is 0.342 e. The van der Waals surface area contributed by atoms with Crippen LogP contribution in [-0.4, -0.2) is 37.7 Å². The number of hydrogen-bond acceptors (Lipinski definition) is 8. The van der Waals surface area contributed by atoms with Gasteiger partial charge >= 0.3 is 6.18 Å². The van der Waals surface area contributed by atoms with Gasteiger partial charge in [0.1, 0.15) is 33.5 Å². The minimum atomic E-state index is -4.71. The van der Waals surface area contributed by atoms with Crippen LogP contribution in [0.3, 0.4) is 0 Å². The van der Waals surface area contributed by atoms with Crippen LogP contribution in [0.2, 0.25) is 5.02 Å². The van der Waals surface area contributed by atoms with Crippen LogP contribution in [-0.2, 0) is 17.4 Å². The first-order chi connectivity index (χ1) is 16.0. The number of rotatable bonds is 5. The summed E-state index contributed by atoms with van der Waals surface area (Å²) >= 11 is 6.46. The summed E-state index contributed by atoms with van der Waals surface area (Å²) in [4.78, 5) is 52.4. The number of amides is 3. The van der Waals surface area contributed by atoms with Crippen molar-refractivity contribution >= 4 is 52.3 Å². The lowest BCUT2D eigenvalue weighted by Gasteiger charge is -2.12. The van der Waals surface area contributed by atoms with Gasteiger partial charge in [0.2, 0.25) is 5.91 Å². The summed E-state index contributed by atoms with van der Waals surface area (Å²) in [5.74, 6) is -1.66. The first-order valence-corrected chi connectivity index (χ1v) is 10.7. The number of carbonyl (C=O) groups is 3. The minimum Gasteiger partial charge on any atom is -0.342 e. The molecule has 3 aromatic heterocycles. The van der Waals surface area contributed by atoms with Gasteiger partial charge in [-0.3, -0.25) is 14.4 Å². The molecule has 176 valence electrons. The average Bonchev–Trinajstić information content (AvgIpc) is 3.40. The molecule has 3 amide bonds.